The summed E-state index contributed by atoms with van der Waals surface area (Å²) in [5.74, 6) is 0.143. The number of hydrogen-bond acceptors (Lipinski definition) is 4. The molecule has 0 bridgehead atoms. The van der Waals surface area contributed by atoms with Crippen molar-refractivity contribution in [1.29, 1.82) is 0 Å². The second-order valence-corrected chi connectivity index (χ2v) is 4.67. The number of methoxy groups -OCH3 is 1. The first-order valence-corrected chi connectivity index (χ1v) is 6.87. The Morgan fingerprint density at radius 3 is 2.59 bits per heavy atom. The van der Waals surface area contributed by atoms with E-state index in [1.807, 2.05) is 30.3 Å². The average Bonchev–Trinajstić information content (AvgIpc) is 3.06. The van der Waals surface area contributed by atoms with Crippen LogP contribution in [0.25, 0.3) is 0 Å². The molecule has 22 heavy (non-hydrogen) atoms. The van der Waals surface area contributed by atoms with Crippen molar-refractivity contribution in [3.63, 3.8) is 0 Å². The van der Waals surface area contributed by atoms with Crippen LogP contribution in [0, 0.1) is 0 Å². The Morgan fingerprint density at radius 2 is 1.95 bits per heavy atom. The van der Waals surface area contributed by atoms with Crippen LogP contribution in [0.2, 0.25) is 0 Å². The monoisotopic (exact) mass is 302 g/mol. The van der Waals surface area contributed by atoms with Gasteiger partial charge >= 0.3 is 12.0 Å². The minimum atomic E-state index is -0.746. The molecule has 0 saturated heterocycles. The Balaban J connectivity index is 1.91. The van der Waals surface area contributed by atoms with E-state index < -0.39 is 18.0 Å². The maximum atomic E-state index is 11.9. The fourth-order valence-corrected chi connectivity index (χ4v) is 1.98. The lowest BCUT2D eigenvalue weighted by Crippen LogP contribution is -2.47. The highest BCUT2D eigenvalue weighted by molar-refractivity contribution is 5.83. The minimum Gasteiger partial charge on any atom is -0.467 e. The van der Waals surface area contributed by atoms with Gasteiger partial charge in [0.2, 0.25) is 0 Å². The summed E-state index contributed by atoms with van der Waals surface area (Å²) in [5.41, 5.74) is 0.934. The van der Waals surface area contributed by atoms with Crippen molar-refractivity contribution in [3.8, 4) is 0 Å². The average molecular weight is 302 g/mol. The third-order valence-electron chi connectivity index (χ3n) is 3.08. The molecule has 0 saturated carbocycles. The van der Waals surface area contributed by atoms with Gasteiger partial charge in [-0.2, -0.15) is 0 Å². The molecular weight excluding hydrogens is 284 g/mol. The summed E-state index contributed by atoms with van der Waals surface area (Å²) in [7, 11) is 1.29. The standard InChI is InChI=1S/C16H18N2O4/c1-21-15(19)14(10-12-6-3-2-4-7-12)18-16(20)17-11-13-8-5-9-22-13/h2-9,14H,10-11H2,1H3,(H2,17,18,20). The zero-order chi connectivity index (χ0) is 15.8. The van der Waals surface area contributed by atoms with Crippen LogP contribution in [-0.4, -0.2) is 25.2 Å². The fourth-order valence-electron chi connectivity index (χ4n) is 1.98. The highest BCUT2D eigenvalue weighted by Gasteiger charge is 2.21. The van der Waals surface area contributed by atoms with E-state index in [1.165, 1.54) is 13.4 Å². The van der Waals surface area contributed by atoms with E-state index in [1.54, 1.807) is 12.1 Å². The molecule has 1 aromatic carbocycles. The third-order valence-corrected chi connectivity index (χ3v) is 3.08. The molecule has 1 heterocycles. The molecule has 0 radical (unpaired) electrons. The Morgan fingerprint density at radius 1 is 1.18 bits per heavy atom. The normalized spacial score (nSPS) is 11.5. The van der Waals surface area contributed by atoms with Crippen LogP contribution in [0.5, 0.6) is 0 Å². The number of nitrogens with one attached hydrogen (secondary N) is 2. The maximum Gasteiger partial charge on any atom is 0.328 e. The van der Waals surface area contributed by atoms with Gasteiger partial charge in [0.1, 0.15) is 11.8 Å². The first-order valence-electron chi connectivity index (χ1n) is 6.87. The number of benzene rings is 1. The molecule has 116 valence electrons. The van der Waals surface area contributed by atoms with Gasteiger partial charge in [-0.3, -0.25) is 0 Å². The predicted molar refractivity (Wildman–Crippen MR) is 80.0 cm³/mol. The van der Waals surface area contributed by atoms with Gasteiger partial charge in [0.15, 0.2) is 0 Å². The Bertz CT molecular complexity index is 596. The summed E-state index contributed by atoms with van der Waals surface area (Å²) in [4.78, 5) is 23.7. The van der Waals surface area contributed by atoms with E-state index >= 15 is 0 Å². The second kappa shape index (κ2) is 7.87. The van der Waals surface area contributed by atoms with Crippen molar-refractivity contribution >= 4 is 12.0 Å². The van der Waals surface area contributed by atoms with Crippen LogP contribution < -0.4 is 10.6 Å². The molecule has 6 heteroatoms. The van der Waals surface area contributed by atoms with Gasteiger partial charge in [-0.05, 0) is 17.7 Å². The lowest BCUT2D eigenvalue weighted by atomic mass is 10.1. The largest absolute Gasteiger partial charge is 0.467 e. The molecule has 6 nitrogen and oxygen atoms in total. The molecule has 2 N–H and O–H groups in total. The highest BCUT2D eigenvalue weighted by atomic mass is 16.5. The van der Waals surface area contributed by atoms with Crippen LogP contribution in [0.4, 0.5) is 4.79 Å². The lowest BCUT2D eigenvalue weighted by molar-refractivity contribution is -0.142. The van der Waals surface area contributed by atoms with Crippen LogP contribution in [0.1, 0.15) is 11.3 Å². The van der Waals surface area contributed by atoms with E-state index in [0.29, 0.717) is 12.2 Å². The van der Waals surface area contributed by atoms with Gasteiger partial charge in [-0.1, -0.05) is 30.3 Å². The quantitative estimate of drug-likeness (QED) is 0.798. The molecule has 2 aromatic rings. The predicted octanol–water partition coefficient (Wildman–Crippen LogP) is 1.86. The zero-order valence-electron chi connectivity index (χ0n) is 12.2. The summed E-state index contributed by atoms with van der Waals surface area (Å²) in [6, 6.07) is 11.7. The summed E-state index contributed by atoms with van der Waals surface area (Å²) in [6.07, 6.45) is 1.89. The van der Waals surface area contributed by atoms with Gasteiger partial charge in [0, 0.05) is 6.42 Å². The van der Waals surface area contributed by atoms with Crippen LogP contribution in [0.3, 0.4) is 0 Å². The smallest absolute Gasteiger partial charge is 0.328 e. The number of carbonyl (C=O) groups excluding carboxylic acids is 2. The summed E-state index contributed by atoms with van der Waals surface area (Å²) in [5, 5.41) is 5.24. The first kappa shape index (κ1) is 15.6. The molecular formula is C16H18N2O4. The number of urea groups is 1. The Labute approximate surface area is 128 Å². The SMILES string of the molecule is COC(=O)C(Cc1ccccc1)NC(=O)NCc1ccco1. The van der Waals surface area contributed by atoms with Crippen LogP contribution >= 0.6 is 0 Å². The highest BCUT2D eigenvalue weighted by Crippen LogP contribution is 2.05. The summed E-state index contributed by atoms with van der Waals surface area (Å²) >= 11 is 0. The number of amides is 2. The van der Waals surface area contributed by atoms with Crippen molar-refractivity contribution in [2.45, 2.75) is 19.0 Å². The van der Waals surface area contributed by atoms with Crippen molar-refractivity contribution in [2.75, 3.05) is 7.11 Å². The van der Waals surface area contributed by atoms with Crippen molar-refractivity contribution in [1.82, 2.24) is 10.6 Å². The molecule has 0 aliphatic carbocycles. The number of rotatable bonds is 6. The Kier molecular flexibility index (Phi) is 5.59. The van der Waals surface area contributed by atoms with Crippen molar-refractivity contribution in [2.24, 2.45) is 0 Å². The van der Waals surface area contributed by atoms with E-state index in [-0.39, 0.29) is 6.54 Å². The number of carbonyl (C=O) groups is 2. The molecule has 0 fully saturated rings. The molecule has 1 unspecified atom stereocenters. The van der Waals surface area contributed by atoms with Gasteiger partial charge in [-0.25, -0.2) is 9.59 Å². The van der Waals surface area contributed by atoms with Crippen molar-refractivity contribution in [3.05, 3.63) is 60.1 Å². The fraction of sp³-hybridized carbons (Fsp3) is 0.250. The van der Waals surface area contributed by atoms with E-state index in [9.17, 15) is 9.59 Å². The zero-order valence-corrected chi connectivity index (χ0v) is 12.2. The molecule has 2 amide bonds. The molecule has 0 aliphatic heterocycles. The Hall–Kier alpha value is -2.76. The van der Waals surface area contributed by atoms with Crippen LogP contribution in [-0.2, 0) is 22.5 Å². The first-order chi connectivity index (χ1) is 10.7. The molecule has 0 aliphatic rings. The number of ether oxygens (including phenoxy) is 1. The molecule has 2 rings (SSSR count). The minimum absolute atomic E-state index is 0.248. The van der Waals surface area contributed by atoms with Crippen molar-refractivity contribution < 1.29 is 18.7 Å². The van der Waals surface area contributed by atoms with E-state index in [0.717, 1.165) is 5.56 Å². The second-order valence-electron chi connectivity index (χ2n) is 4.67. The topological polar surface area (TPSA) is 80.6 Å². The van der Waals surface area contributed by atoms with E-state index in [2.05, 4.69) is 10.6 Å². The van der Waals surface area contributed by atoms with Gasteiger partial charge in [-0.15, -0.1) is 0 Å². The number of esters is 1. The summed E-state index contributed by atoms with van der Waals surface area (Å²) < 4.78 is 9.85. The number of furan rings is 1. The van der Waals surface area contributed by atoms with Gasteiger partial charge in [0.25, 0.3) is 0 Å². The molecule has 1 atom stereocenters. The third kappa shape index (κ3) is 4.66. The maximum absolute atomic E-state index is 11.9. The lowest BCUT2D eigenvalue weighted by Gasteiger charge is -2.16. The number of hydrogen-bond donors (Lipinski definition) is 2. The van der Waals surface area contributed by atoms with Gasteiger partial charge < -0.3 is 19.8 Å². The van der Waals surface area contributed by atoms with E-state index in [4.69, 9.17) is 9.15 Å². The molecule has 0 spiro atoms. The summed E-state index contributed by atoms with van der Waals surface area (Å²) in [6.45, 7) is 0.248. The van der Waals surface area contributed by atoms with Gasteiger partial charge in [0.05, 0.1) is 19.9 Å². The molecule has 1 aromatic heterocycles. The van der Waals surface area contributed by atoms with Crippen LogP contribution in [0.15, 0.2) is 53.1 Å².